The molecule has 2 N–H and O–H groups in total. The van der Waals surface area contributed by atoms with E-state index >= 15 is 0 Å². The van der Waals surface area contributed by atoms with Gasteiger partial charge in [-0.2, -0.15) is 0 Å². The average molecular weight is 349 g/mol. The minimum Gasteiger partial charge on any atom is -0.497 e. The number of benzene rings is 1. The molecule has 7 nitrogen and oxygen atoms in total. The molecule has 0 radical (unpaired) electrons. The summed E-state index contributed by atoms with van der Waals surface area (Å²) in [6.07, 6.45) is 0.273. The molecule has 2 aliphatic heterocycles. The fraction of sp³-hybridized carbons (Fsp3) is 0.556. The van der Waals surface area contributed by atoms with Gasteiger partial charge in [0.25, 0.3) is 5.91 Å². The normalized spacial score (nSPS) is 26.8. The number of likely N-dealkylation sites (N-methyl/N-ethyl adjacent to an activating group) is 1. The molecule has 1 aromatic rings. The maximum atomic E-state index is 13.0. The molecule has 2 fully saturated rings. The maximum absolute atomic E-state index is 13.0. The van der Waals surface area contributed by atoms with Crippen molar-refractivity contribution in [2.24, 2.45) is 0 Å². The van der Waals surface area contributed by atoms with Crippen LogP contribution in [-0.2, 0) is 9.59 Å². The number of piperazine rings is 1. The van der Waals surface area contributed by atoms with Crippen LogP contribution in [0.4, 0.5) is 5.69 Å². The number of carbonyl (C=O) groups is 2. The number of methoxy groups -OCH3 is 2. The molecule has 0 aliphatic carbocycles. The summed E-state index contributed by atoms with van der Waals surface area (Å²) >= 11 is 0. The van der Waals surface area contributed by atoms with Crippen molar-refractivity contribution in [1.29, 1.82) is 0 Å². The van der Waals surface area contributed by atoms with Crippen LogP contribution < -0.4 is 24.2 Å². The molecule has 3 rings (SSSR count). The quantitative estimate of drug-likeness (QED) is 0.612. The molecule has 0 unspecified atom stereocenters. The van der Waals surface area contributed by atoms with E-state index in [0.29, 0.717) is 17.2 Å². The van der Waals surface area contributed by atoms with Gasteiger partial charge in [0.1, 0.15) is 37.7 Å². The van der Waals surface area contributed by atoms with Gasteiger partial charge in [0, 0.05) is 18.2 Å². The van der Waals surface area contributed by atoms with Crippen molar-refractivity contribution < 1.29 is 28.9 Å². The first-order chi connectivity index (χ1) is 12.1. The first-order valence-corrected chi connectivity index (χ1v) is 8.85. The predicted molar refractivity (Wildman–Crippen MR) is 92.4 cm³/mol. The van der Waals surface area contributed by atoms with E-state index in [9.17, 15) is 9.59 Å². The first-order valence-electron chi connectivity index (χ1n) is 8.85. The van der Waals surface area contributed by atoms with Crippen LogP contribution in [0.2, 0.25) is 0 Å². The summed E-state index contributed by atoms with van der Waals surface area (Å²) in [7, 11) is 3.10. The summed E-state index contributed by atoms with van der Waals surface area (Å²) in [5.41, 5.74) is 0.519. The molecular formula is C18H27N3O4+2. The van der Waals surface area contributed by atoms with E-state index in [-0.39, 0.29) is 24.3 Å². The van der Waals surface area contributed by atoms with Crippen molar-refractivity contribution >= 4 is 17.5 Å². The lowest BCUT2D eigenvalue weighted by Gasteiger charge is -2.31. The van der Waals surface area contributed by atoms with Gasteiger partial charge in [-0.15, -0.1) is 0 Å². The zero-order valence-corrected chi connectivity index (χ0v) is 15.1. The molecular weight excluding hydrogens is 322 g/mol. The largest absolute Gasteiger partial charge is 0.497 e. The number of hydrogen-bond acceptors (Lipinski definition) is 4. The number of anilines is 1. The smallest absolute Gasteiger partial charge is 0.292 e. The molecule has 0 spiro atoms. The number of ether oxygens (including phenoxy) is 2. The lowest BCUT2D eigenvalue weighted by molar-refractivity contribution is -1.02. The highest BCUT2D eigenvalue weighted by atomic mass is 16.5. The second-order valence-corrected chi connectivity index (χ2v) is 6.66. The van der Waals surface area contributed by atoms with E-state index in [0.717, 1.165) is 32.7 Å². The summed E-state index contributed by atoms with van der Waals surface area (Å²) < 4.78 is 10.5. The Balaban J connectivity index is 1.80. The fourth-order valence-electron chi connectivity index (χ4n) is 3.77. The predicted octanol–water partition coefficient (Wildman–Crippen LogP) is -1.86. The van der Waals surface area contributed by atoms with Crippen molar-refractivity contribution in [1.82, 2.24) is 0 Å². The zero-order valence-electron chi connectivity index (χ0n) is 15.1. The van der Waals surface area contributed by atoms with Gasteiger partial charge in [-0.25, -0.2) is 4.90 Å². The summed E-state index contributed by atoms with van der Waals surface area (Å²) in [6.45, 7) is 7.26. The molecule has 1 aromatic carbocycles. The van der Waals surface area contributed by atoms with E-state index < -0.39 is 0 Å². The molecule has 136 valence electrons. The van der Waals surface area contributed by atoms with Crippen molar-refractivity contribution in [2.45, 2.75) is 19.4 Å². The molecule has 0 bridgehead atoms. The molecule has 2 saturated heterocycles. The Kier molecular flexibility index (Phi) is 5.24. The summed E-state index contributed by atoms with van der Waals surface area (Å²) in [4.78, 5) is 29.6. The van der Waals surface area contributed by atoms with Gasteiger partial charge in [0.2, 0.25) is 5.91 Å². The number of amides is 2. The highest BCUT2D eigenvalue weighted by Crippen LogP contribution is 2.31. The summed E-state index contributed by atoms with van der Waals surface area (Å²) in [5.74, 6) is 0.857. The number of nitrogens with one attached hydrogen (secondary N) is 2. The molecule has 2 heterocycles. The number of quaternary nitrogens is 2. The number of nitrogens with zero attached hydrogens (tertiary/aromatic N) is 1. The standard InChI is InChI=1S/C18H25N3O4/c1-4-19-5-7-20(8-6-19)16-12-17(22)21(18(16)23)13-9-14(24-2)11-15(10-13)25-3/h9-11,16H,4-8,12H2,1-3H3/p+2/t16-/m1/s1. The van der Waals surface area contributed by atoms with Crippen LogP contribution in [0.25, 0.3) is 0 Å². The number of hydrogen-bond donors (Lipinski definition) is 2. The van der Waals surface area contributed by atoms with Crippen LogP contribution in [0.5, 0.6) is 11.5 Å². The maximum Gasteiger partial charge on any atom is 0.292 e. The van der Waals surface area contributed by atoms with Crippen LogP contribution in [-0.4, -0.2) is 64.8 Å². The van der Waals surface area contributed by atoms with Crippen molar-refractivity contribution in [3.05, 3.63) is 18.2 Å². The highest BCUT2D eigenvalue weighted by molar-refractivity contribution is 6.22. The second-order valence-electron chi connectivity index (χ2n) is 6.66. The lowest BCUT2D eigenvalue weighted by atomic mass is 10.1. The van der Waals surface area contributed by atoms with Crippen LogP contribution in [0.3, 0.4) is 0 Å². The van der Waals surface area contributed by atoms with E-state index in [4.69, 9.17) is 9.47 Å². The lowest BCUT2D eigenvalue weighted by Crippen LogP contribution is -3.29. The Labute approximate surface area is 148 Å². The minimum absolute atomic E-state index is 0.116. The monoisotopic (exact) mass is 349 g/mol. The molecule has 2 amide bonds. The van der Waals surface area contributed by atoms with Gasteiger partial charge in [0.15, 0.2) is 6.04 Å². The summed E-state index contributed by atoms with van der Waals surface area (Å²) in [6, 6.07) is 4.86. The number of rotatable bonds is 5. The highest BCUT2D eigenvalue weighted by Gasteiger charge is 2.47. The molecule has 25 heavy (non-hydrogen) atoms. The van der Waals surface area contributed by atoms with Crippen molar-refractivity contribution in [2.75, 3.05) is 51.8 Å². The summed E-state index contributed by atoms with van der Waals surface area (Å²) in [5, 5.41) is 0. The van der Waals surface area contributed by atoms with Gasteiger partial charge in [0.05, 0.1) is 32.9 Å². The van der Waals surface area contributed by atoms with Crippen LogP contribution in [0.15, 0.2) is 18.2 Å². The SMILES string of the molecule is CC[NH+]1CC[NH+]([C@@H]2CC(=O)N(c3cc(OC)cc(OC)c3)C2=O)CC1. The van der Waals surface area contributed by atoms with Gasteiger partial charge in [-0.05, 0) is 6.92 Å². The van der Waals surface area contributed by atoms with Crippen molar-refractivity contribution in [3.8, 4) is 11.5 Å². The van der Waals surface area contributed by atoms with Crippen LogP contribution >= 0.6 is 0 Å². The van der Waals surface area contributed by atoms with Crippen LogP contribution in [0.1, 0.15) is 13.3 Å². The van der Waals surface area contributed by atoms with Gasteiger partial charge < -0.3 is 19.3 Å². The number of imide groups is 1. The van der Waals surface area contributed by atoms with E-state index in [1.807, 2.05) is 0 Å². The van der Waals surface area contributed by atoms with Gasteiger partial charge in [-0.3, -0.25) is 9.59 Å². The Hall–Kier alpha value is -2.12. The molecule has 1 atom stereocenters. The fourth-order valence-corrected chi connectivity index (χ4v) is 3.77. The van der Waals surface area contributed by atoms with E-state index in [2.05, 4.69) is 6.92 Å². The Morgan fingerprint density at radius 1 is 1.04 bits per heavy atom. The van der Waals surface area contributed by atoms with Crippen molar-refractivity contribution in [3.63, 3.8) is 0 Å². The Morgan fingerprint density at radius 3 is 2.16 bits per heavy atom. The number of carbonyl (C=O) groups excluding carboxylic acids is 2. The van der Waals surface area contributed by atoms with E-state index in [1.165, 1.54) is 9.80 Å². The van der Waals surface area contributed by atoms with E-state index in [1.54, 1.807) is 37.3 Å². The third kappa shape index (κ3) is 3.48. The zero-order chi connectivity index (χ0) is 18.0. The van der Waals surface area contributed by atoms with Gasteiger partial charge >= 0.3 is 0 Å². The average Bonchev–Trinajstić information content (AvgIpc) is 2.95. The molecule has 0 aromatic heterocycles. The minimum atomic E-state index is -0.275. The third-order valence-corrected chi connectivity index (χ3v) is 5.33. The second kappa shape index (κ2) is 7.41. The molecule has 0 saturated carbocycles. The first kappa shape index (κ1) is 17.7. The van der Waals surface area contributed by atoms with Crippen LogP contribution in [0, 0.1) is 0 Å². The Morgan fingerprint density at radius 2 is 1.64 bits per heavy atom. The molecule has 7 heteroatoms. The Bertz CT molecular complexity index is 633. The topological polar surface area (TPSA) is 64.7 Å². The third-order valence-electron chi connectivity index (χ3n) is 5.33. The molecule has 2 aliphatic rings. The van der Waals surface area contributed by atoms with Gasteiger partial charge in [-0.1, -0.05) is 0 Å².